The standard InChI is InChI=1S/C14H18N2O4S/c1-3-10(17)15-13-11(14(18)20-4-2)8-6-5-7-9(16-19)12(8)21-13/h19H,3-7H2,1-2H3,(H,15,17). The normalized spacial score (nSPS) is 15.6. The number of fused-ring (bicyclic) bond motifs is 1. The summed E-state index contributed by atoms with van der Waals surface area (Å²) in [7, 11) is 0. The molecule has 2 N–H and O–H groups in total. The lowest BCUT2D eigenvalue weighted by molar-refractivity contribution is -0.115. The van der Waals surface area contributed by atoms with Gasteiger partial charge in [-0.15, -0.1) is 11.3 Å². The number of esters is 1. The first-order valence-corrected chi connectivity index (χ1v) is 7.77. The number of ether oxygens (including phenoxy) is 1. The van der Waals surface area contributed by atoms with Gasteiger partial charge in [-0.05, 0) is 31.7 Å². The first kappa shape index (κ1) is 15.5. The van der Waals surface area contributed by atoms with E-state index < -0.39 is 5.97 Å². The van der Waals surface area contributed by atoms with E-state index in [2.05, 4.69) is 10.5 Å². The van der Waals surface area contributed by atoms with Crippen LogP contribution in [0.15, 0.2) is 5.16 Å². The summed E-state index contributed by atoms with van der Waals surface area (Å²) in [6, 6.07) is 0. The fraction of sp³-hybridized carbons (Fsp3) is 0.500. The van der Waals surface area contributed by atoms with E-state index in [4.69, 9.17) is 9.94 Å². The van der Waals surface area contributed by atoms with Crippen LogP contribution < -0.4 is 5.32 Å². The molecule has 1 heterocycles. The topological polar surface area (TPSA) is 88.0 Å². The second-order valence-corrected chi connectivity index (χ2v) is 5.66. The Balaban J connectivity index is 2.50. The Morgan fingerprint density at radius 3 is 2.76 bits per heavy atom. The average molecular weight is 310 g/mol. The van der Waals surface area contributed by atoms with Crippen LogP contribution in [0.4, 0.5) is 5.00 Å². The number of nitrogens with one attached hydrogen (secondary N) is 1. The maximum atomic E-state index is 12.2. The Kier molecular flexibility index (Phi) is 4.95. The molecule has 0 aromatic carbocycles. The Bertz CT molecular complexity index is 592. The molecule has 0 spiro atoms. The van der Waals surface area contributed by atoms with E-state index in [0.29, 0.717) is 35.5 Å². The highest BCUT2D eigenvalue weighted by Gasteiger charge is 2.30. The van der Waals surface area contributed by atoms with Crippen LogP contribution in [0.3, 0.4) is 0 Å². The van der Waals surface area contributed by atoms with Crippen molar-refractivity contribution in [1.82, 2.24) is 0 Å². The van der Waals surface area contributed by atoms with Gasteiger partial charge in [0.2, 0.25) is 5.91 Å². The van der Waals surface area contributed by atoms with E-state index in [1.54, 1.807) is 13.8 Å². The lowest BCUT2D eigenvalue weighted by atomic mass is 9.94. The second kappa shape index (κ2) is 6.71. The molecule has 6 nitrogen and oxygen atoms in total. The molecule has 2 rings (SSSR count). The maximum Gasteiger partial charge on any atom is 0.341 e. The molecule has 0 fully saturated rings. The van der Waals surface area contributed by atoms with Crippen molar-refractivity contribution in [3.8, 4) is 0 Å². The van der Waals surface area contributed by atoms with Gasteiger partial charge in [-0.2, -0.15) is 0 Å². The lowest BCUT2D eigenvalue weighted by Gasteiger charge is -2.13. The molecule has 21 heavy (non-hydrogen) atoms. The number of carbonyl (C=O) groups is 2. The van der Waals surface area contributed by atoms with Crippen LogP contribution in [0.2, 0.25) is 0 Å². The van der Waals surface area contributed by atoms with Crippen molar-refractivity contribution in [1.29, 1.82) is 0 Å². The molecule has 1 aromatic heterocycles. The summed E-state index contributed by atoms with van der Waals surface area (Å²) >= 11 is 1.27. The predicted molar refractivity (Wildman–Crippen MR) is 80.5 cm³/mol. The molecule has 114 valence electrons. The summed E-state index contributed by atoms with van der Waals surface area (Å²) in [4.78, 5) is 24.6. The highest BCUT2D eigenvalue weighted by molar-refractivity contribution is 7.19. The number of hydrogen-bond acceptors (Lipinski definition) is 6. The molecule has 0 saturated carbocycles. The molecule has 0 saturated heterocycles. The molecular formula is C14H18N2O4S. The molecule has 1 aliphatic carbocycles. The number of rotatable bonds is 4. The van der Waals surface area contributed by atoms with E-state index >= 15 is 0 Å². The van der Waals surface area contributed by atoms with Crippen LogP contribution in [0.1, 0.15) is 53.9 Å². The van der Waals surface area contributed by atoms with Crippen molar-refractivity contribution in [3.05, 3.63) is 16.0 Å². The number of hydrogen-bond donors (Lipinski definition) is 2. The minimum atomic E-state index is -0.444. The molecule has 1 amide bonds. The number of anilines is 1. The summed E-state index contributed by atoms with van der Waals surface area (Å²) < 4.78 is 5.09. The van der Waals surface area contributed by atoms with Crippen molar-refractivity contribution < 1.29 is 19.5 Å². The third-order valence-corrected chi connectivity index (χ3v) is 4.48. The Hall–Kier alpha value is -1.89. The maximum absolute atomic E-state index is 12.2. The van der Waals surface area contributed by atoms with Gasteiger partial charge in [0.25, 0.3) is 0 Å². The van der Waals surface area contributed by atoms with Crippen LogP contribution in [0.5, 0.6) is 0 Å². The molecule has 7 heteroatoms. The van der Waals surface area contributed by atoms with Gasteiger partial charge in [0, 0.05) is 6.42 Å². The number of amides is 1. The average Bonchev–Trinajstić information content (AvgIpc) is 2.84. The van der Waals surface area contributed by atoms with Crippen LogP contribution in [0.25, 0.3) is 0 Å². The van der Waals surface area contributed by atoms with Crippen LogP contribution in [-0.2, 0) is 16.0 Å². The van der Waals surface area contributed by atoms with E-state index in [1.807, 2.05) is 0 Å². The molecule has 0 radical (unpaired) electrons. The van der Waals surface area contributed by atoms with E-state index in [-0.39, 0.29) is 12.5 Å². The number of nitrogens with zero attached hydrogens (tertiary/aromatic N) is 1. The molecule has 0 bridgehead atoms. The number of oxime groups is 1. The summed E-state index contributed by atoms with van der Waals surface area (Å²) in [5.74, 6) is -0.609. The summed E-state index contributed by atoms with van der Waals surface area (Å²) in [6.07, 6.45) is 2.50. The minimum absolute atomic E-state index is 0.165. The monoisotopic (exact) mass is 310 g/mol. The van der Waals surface area contributed by atoms with Gasteiger partial charge in [-0.1, -0.05) is 12.1 Å². The van der Waals surface area contributed by atoms with Crippen molar-refractivity contribution in [2.24, 2.45) is 5.16 Å². The van der Waals surface area contributed by atoms with Crippen molar-refractivity contribution in [2.45, 2.75) is 39.5 Å². The zero-order valence-electron chi connectivity index (χ0n) is 12.1. The first-order valence-electron chi connectivity index (χ1n) is 6.96. The highest BCUT2D eigenvalue weighted by Crippen LogP contribution is 2.38. The molecule has 0 unspecified atom stereocenters. The Labute approximate surface area is 126 Å². The van der Waals surface area contributed by atoms with Crippen molar-refractivity contribution in [2.75, 3.05) is 11.9 Å². The van der Waals surface area contributed by atoms with Gasteiger partial charge in [-0.3, -0.25) is 4.79 Å². The summed E-state index contributed by atoms with van der Waals surface area (Å²) in [5, 5.41) is 15.6. The van der Waals surface area contributed by atoms with Gasteiger partial charge in [0.05, 0.1) is 22.8 Å². The third-order valence-electron chi connectivity index (χ3n) is 3.28. The second-order valence-electron chi connectivity index (χ2n) is 4.64. The Morgan fingerprint density at radius 2 is 2.14 bits per heavy atom. The fourth-order valence-electron chi connectivity index (χ4n) is 2.30. The largest absolute Gasteiger partial charge is 0.462 e. The number of thiophene rings is 1. The Morgan fingerprint density at radius 1 is 1.38 bits per heavy atom. The first-order chi connectivity index (χ1) is 10.1. The summed E-state index contributed by atoms with van der Waals surface area (Å²) in [6.45, 7) is 3.75. The number of carbonyl (C=O) groups excluding carboxylic acids is 2. The van der Waals surface area contributed by atoms with E-state index in [0.717, 1.165) is 16.9 Å². The van der Waals surface area contributed by atoms with Gasteiger partial charge in [0.15, 0.2) is 0 Å². The summed E-state index contributed by atoms with van der Waals surface area (Å²) in [5.41, 5.74) is 1.77. The van der Waals surface area contributed by atoms with Gasteiger partial charge < -0.3 is 15.3 Å². The van der Waals surface area contributed by atoms with Gasteiger partial charge in [0.1, 0.15) is 5.00 Å². The van der Waals surface area contributed by atoms with Crippen LogP contribution >= 0.6 is 11.3 Å². The third kappa shape index (κ3) is 3.07. The van der Waals surface area contributed by atoms with Crippen LogP contribution in [0, 0.1) is 0 Å². The van der Waals surface area contributed by atoms with E-state index in [9.17, 15) is 9.59 Å². The van der Waals surface area contributed by atoms with Crippen molar-refractivity contribution in [3.63, 3.8) is 0 Å². The quantitative estimate of drug-likeness (QED) is 0.508. The molecular weight excluding hydrogens is 292 g/mol. The fourth-order valence-corrected chi connectivity index (χ4v) is 3.57. The van der Waals surface area contributed by atoms with Crippen molar-refractivity contribution >= 4 is 33.9 Å². The molecule has 0 aliphatic heterocycles. The SMILES string of the molecule is CCOC(=O)c1c(NC(=O)CC)sc2c1CCCC2=NO. The molecule has 0 atom stereocenters. The van der Waals surface area contributed by atoms with Gasteiger partial charge in [-0.25, -0.2) is 4.79 Å². The molecule has 1 aromatic rings. The predicted octanol–water partition coefficient (Wildman–Crippen LogP) is 2.79. The zero-order chi connectivity index (χ0) is 15.4. The highest BCUT2D eigenvalue weighted by atomic mass is 32.1. The zero-order valence-corrected chi connectivity index (χ0v) is 12.9. The van der Waals surface area contributed by atoms with Gasteiger partial charge >= 0.3 is 5.97 Å². The van der Waals surface area contributed by atoms with Crippen LogP contribution in [-0.4, -0.2) is 29.4 Å². The lowest BCUT2D eigenvalue weighted by Crippen LogP contribution is -2.16. The molecule has 1 aliphatic rings. The smallest absolute Gasteiger partial charge is 0.341 e. The van der Waals surface area contributed by atoms with E-state index in [1.165, 1.54) is 11.3 Å². The minimum Gasteiger partial charge on any atom is -0.462 e.